The molecule has 0 aromatic rings. The Bertz CT molecular complexity index is 261. The molecule has 4 heteroatoms. The molecule has 1 unspecified atom stereocenters. The molecule has 3 nitrogen and oxygen atoms in total. The zero-order valence-corrected chi connectivity index (χ0v) is 6.08. The minimum Gasteiger partial charge on any atom is -0.285 e. The molecule has 0 aromatic heterocycles. The maximum absolute atomic E-state index is 10.5. The van der Waals surface area contributed by atoms with Crippen LogP contribution in [0.1, 0.15) is 6.42 Å². The summed E-state index contributed by atoms with van der Waals surface area (Å²) in [5, 5.41) is -0.738. The lowest BCUT2D eigenvalue weighted by Gasteiger charge is -2.07. The molecule has 0 amide bonds. The Kier molecular flexibility index (Phi) is 1.92. The second kappa shape index (κ2) is 2.56. The van der Waals surface area contributed by atoms with Gasteiger partial charge < -0.3 is 0 Å². The highest BCUT2D eigenvalue weighted by Gasteiger charge is 2.18. The summed E-state index contributed by atoms with van der Waals surface area (Å²) in [6, 6.07) is 0. The maximum Gasteiger partial charge on any atom is 0.271 e. The van der Waals surface area contributed by atoms with Crippen LogP contribution in [0.2, 0.25) is 0 Å². The Labute approximate surface area is 59.8 Å². The van der Waals surface area contributed by atoms with E-state index in [1.807, 2.05) is 0 Å². The summed E-state index contributed by atoms with van der Waals surface area (Å²) in [5.41, 5.74) is 0. The van der Waals surface area contributed by atoms with E-state index in [9.17, 15) is 8.42 Å². The quantitative estimate of drug-likeness (QED) is 0.576. The minimum absolute atomic E-state index is 0.370. The summed E-state index contributed by atoms with van der Waals surface area (Å²) in [7, 11) is -3.86. The van der Waals surface area contributed by atoms with Crippen molar-refractivity contribution >= 4 is 10.1 Å². The zero-order chi connectivity index (χ0) is 7.61. The van der Waals surface area contributed by atoms with E-state index in [0.29, 0.717) is 6.42 Å². The van der Waals surface area contributed by atoms with Crippen molar-refractivity contribution in [3.8, 4) is 0 Å². The lowest BCUT2D eigenvalue weighted by Crippen LogP contribution is -2.17. The lowest BCUT2D eigenvalue weighted by molar-refractivity contribution is 0.474. The molecule has 0 aromatic carbocycles. The number of allylic oxidation sites excluding steroid dienone is 3. The molecular weight excluding hydrogens is 152 g/mol. The van der Waals surface area contributed by atoms with Crippen LogP contribution in [0.25, 0.3) is 0 Å². The first-order chi connectivity index (χ1) is 4.61. The highest BCUT2D eigenvalue weighted by Crippen LogP contribution is 2.10. The Balaban J connectivity index is 2.79. The van der Waals surface area contributed by atoms with Crippen molar-refractivity contribution in [1.29, 1.82) is 0 Å². The van der Waals surface area contributed by atoms with Gasteiger partial charge in [0.15, 0.2) is 0 Å². The number of hydrogen-bond donors (Lipinski definition) is 1. The van der Waals surface area contributed by atoms with Crippen molar-refractivity contribution in [1.82, 2.24) is 0 Å². The first-order valence-electron chi connectivity index (χ1n) is 2.90. The van der Waals surface area contributed by atoms with Gasteiger partial charge in [0, 0.05) is 0 Å². The second-order valence-electron chi connectivity index (χ2n) is 2.10. The SMILES string of the molecule is O=S(=O)(O)C1C=CC=CC1. The monoisotopic (exact) mass is 160 g/mol. The molecule has 1 aliphatic rings. The van der Waals surface area contributed by atoms with Crippen LogP contribution in [0.5, 0.6) is 0 Å². The average Bonchev–Trinajstić information content (AvgIpc) is 1.88. The van der Waals surface area contributed by atoms with Crippen molar-refractivity contribution < 1.29 is 13.0 Å². The van der Waals surface area contributed by atoms with Crippen LogP contribution in [0.4, 0.5) is 0 Å². The van der Waals surface area contributed by atoms with Gasteiger partial charge in [-0.3, -0.25) is 4.55 Å². The van der Waals surface area contributed by atoms with E-state index >= 15 is 0 Å². The summed E-state index contributed by atoms with van der Waals surface area (Å²) in [6.45, 7) is 0. The third kappa shape index (κ3) is 1.68. The molecule has 0 spiro atoms. The topological polar surface area (TPSA) is 54.4 Å². The van der Waals surface area contributed by atoms with Gasteiger partial charge in [-0.1, -0.05) is 24.3 Å². The predicted molar refractivity (Wildman–Crippen MR) is 38.2 cm³/mol. The van der Waals surface area contributed by atoms with Gasteiger partial charge in [0.05, 0.1) is 0 Å². The highest BCUT2D eigenvalue weighted by molar-refractivity contribution is 7.86. The van der Waals surface area contributed by atoms with Crippen LogP contribution >= 0.6 is 0 Å². The summed E-state index contributed by atoms with van der Waals surface area (Å²) >= 11 is 0. The van der Waals surface area contributed by atoms with Crippen LogP contribution < -0.4 is 0 Å². The van der Waals surface area contributed by atoms with E-state index in [1.54, 1.807) is 18.2 Å². The fraction of sp³-hybridized carbons (Fsp3) is 0.333. The first-order valence-corrected chi connectivity index (χ1v) is 4.40. The van der Waals surface area contributed by atoms with Crippen LogP contribution in [0, 0.1) is 0 Å². The molecule has 0 radical (unpaired) electrons. The summed E-state index contributed by atoms with van der Waals surface area (Å²) in [5.74, 6) is 0. The van der Waals surface area contributed by atoms with Crippen molar-refractivity contribution in [3.05, 3.63) is 24.3 Å². The van der Waals surface area contributed by atoms with Crippen molar-refractivity contribution in [2.24, 2.45) is 0 Å². The average molecular weight is 160 g/mol. The van der Waals surface area contributed by atoms with Gasteiger partial charge in [-0.15, -0.1) is 0 Å². The summed E-state index contributed by atoms with van der Waals surface area (Å²) in [4.78, 5) is 0. The molecule has 1 atom stereocenters. The molecule has 0 saturated carbocycles. The molecule has 0 fully saturated rings. The van der Waals surface area contributed by atoms with Crippen LogP contribution in [0.3, 0.4) is 0 Å². The second-order valence-corrected chi connectivity index (χ2v) is 3.74. The van der Waals surface area contributed by atoms with E-state index in [1.165, 1.54) is 6.08 Å². The third-order valence-electron chi connectivity index (χ3n) is 1.32. The predicted octanol–water partition coefficient (Wildman–Crippen LogP) is 0.759. The largest absolute Gasteiger partial charge is 0.285 e. The van der Waals surface area contributed by atoms with Gasteiger partial charge in [-0.25, -0.2) is 0 Å². The van der Waals surface area contributed by atoms with Crippen LogP contribution in [-0.4, -0.2) is 18.2 Å². The molecule has 1 aliphatic carbocycles. The van der Waals surface area contributed by atoms with E-state index in [4.69, 9.17) is 4.55 Å². The van der Waals surface area contributed by atoms with Gasteiger partial charge >= 0.3 is 0 Å². The minimum atomic E-state index is -3.86. The Hall–Kier alpha value is -0.610. The number of hydrogen-bond acceptors (Lipinski definition) is 2. The van der Waals surface area contributed by atoms with E-state index < -0.39 is 15.4 Å². The van der Waals surface area contributed by atoms with E-state index in [2.05, 4.69) is 0 Å². The molecule has 0 bridgehead atoms. The van der Waals surface area contributed by atoms with Gasteiger partial charge in [-0.05, 0) is 6.42 Å². The molecule has 1 N–H and O–H groups in total. The molecular formula is C6H8O3S. The molecule has 0 heterocycles. The summed E-state index contributed by atoms with van der Waals surface area (Å²) in [6.07, 6.45) is 6.91. The van der Waals surface area contributed by atoms with Gasteiger partial charge in [0.1, 0.15) is 5.25 Å². The third-order valence-corrected chi connectivity index (χ3v) is 2.44. The molecule has 10 heavy (non-hydrogen) atoms. The number of rotatable bonds is 1. The standard InChI is InChI=1S/C6H8O3S/c7-10(8,9)6-4-2-1-3-5-6/h1-4,6H,5H2,(H,7,8,9). The molecule has 0 aliphatic heterocycles. The molecule has 56 valence electrons. The van der Waals surface area contributed by atoms with Crippen LogP contribution in [0.15, 0.2) is 24.3 Å². The van der Waals surface area contributed by atoms with E-state index in [-0.39, 0.29) is 0 Å². The first kappa shape index (κ1) is 7.50. The summed E-state index contributed by atoms with van der Waals surface area (Å²) < 4.78 is 29.4. The van der Waals surface area contributed by atoms with Gasteiger partial charge in [-0.2, -0.15) is 8.42 Å². The molecule has 1 rings (SSSR count). The van der Waals surface area contributed by atoms with E-state index in [0.717, 1.165) is 0 Å². The van der Waals surface area contributed by atoms with Crippen molar-refractivity contribution in [3.63, 3.8) is 0 Å². The Morgan fingerprint density at radius 3 is 2.40 bits per heavy atom. The smallest absolute Gasteiger partial charge is 0.271 e. The lowest BCUT2D eigenvalue weighted by atomic mass is 10.2. The maximum atomic E-state index is 10.5. The Morgan fingerprint density at radius 1 is 1.40 bits per heavy atom. The normalized spacial score (nSPS) is 25.1. The Morgan fingerprint density at radius 2 is 2.10 bits per heavy atom. The van der Waals surface area contributed by atoms with Crippen molar-refractivity contribution in [2.45, 2.75) is 11.7 Å². The fourth-order valence-corrected chi connectivity index (χ4v) is 1.42. The fourth-order valence-electron chi connectivity index (χ4n) is 0.779. The zero-order valence-electron chi connectivity index (χ0n) is 5.27. The van der Waals surface area contributed by atoms with Crippen molar-refractivity contribution in [2.75, 3.05) is 0 Å². The highest BCUT2D eigenvalue weighted by atomic mass is 32.2. The molecule has 0 saturated heterocycles. The van der Waals surface area contributed by atoms with Crippen LogP contribution in [-0.2, 0) is 10.1 Å². The van der Waals surface area contributed by atoms with Gasteiger partial charge in [0.2, 0.25) is 0 Å². The van der Waals surface area contributed by atoms with Gasteiger partial charge in [0.25, 0.3) is 10.1 Å².